The fourth-order valence-electron chi connectivity index (χ4n) is 2.39. The number of benzene rings is 1. The summed E-state index contributed by atoms with van der Waals surface area (Å²) in [6.07, 6.45) is 0. The number of ether oxygens (including phenoxy) is 2. The van der Waals surface area contributed by atoms with Crippen LogP contribution in [0.15, 0.2) is 39.8 Å². The van der Waals surface area contributed by atoms with Gasteiger partial charge in [-0.1, -0.05) is 17.4 Å². The van der Waals surface area contributed by atoms with Gasteiger partial charge in [0.2, 0.25) is 17.0 Å². The molecule has 28 heavy (non-hydrogen) atoms. The van der Waals surface area contributed by atoms with Gasteiger partial charge in [-0.25, -0.2) is 13.1 Å². The van der Waals surface area contributed by atoms with Crippen molar-refractivity contribution in [3.63, 3.8) is 0 Å². The smallest absolute Gasteiger partial charge is 0.293 e. The van der Waals surface area contributed by atoms with Gasteiger partial charge in [-0.2, -0.15) is 0 Å². The SMILES string of the molecule is Cc1nnc(NC(=O)c2ccc(S(=O)(=O)NCc3ccc4c(c3)OCO4)o2)s1. The third-order valence-electron chi connectivity index (χ3n) is 3.72. The van der Waals surface area contributed by atoms with E-state index in [1.807, 2.05) is 0 Å². The first-order chi connectivity index (χ1) is 13.4. The van der Waals surface area contributed by atoms with Crippen LogP contribution >= 0.6 is 11.3 Å². The van der Waals surface area contributed by atoms with Crippen LogP contribution in [0.3, 0.4) is 0 Å². The molecule has 0 fully saturated rings. The minimum absolute atomic E-state index is 0.0191. The number of hydrogen-bond donors (Lipinski definition) is 2. The summed E-state index contributed by atoms with van der Waals surface area (Å²) >= 11 is 1.19. The molecule has 4 rings (SSSR count). The second kappa shape index (κ2) is 7.22. The summed E-state index contributed by atoms with van der Waals surface area (Å²) in [5.74, 6) is 0.393. The molecule has 0 saturated heterocycles. The second-order valence-electron chi connectivity index (χ2n) is 5.71. The Morgan fingerprint density at radius 1 is 1.18 bits per heavy atom. The maximum Gasteiger partial charge on any atom is 0.293 e. The van der Waals surface area contributed by atoms with Crippen LogP contribution in [0.2, 0.25) is 0 Å². The Morgan fingerprint density at radius 3 is 2.79 bits per heavy atom. The molecule has 10 nitrogen and oxygen atoms in total. The summed E-state index contributed by atoms with van der Waals surface area (Å²) in [4.78, 5) is 12.1. The Kier molecular flexibility index (Phi) is 4.75. The number of carbonyl (C=O) groups excluding carboxylic acids is 1. The van der Waals surface area contributed by atoms with Gasteiger partial charge < -0.3 is 13.9 Å². The van der Waals surface area contributed by atoms with Crippen molar-refractivity contribution in [2.45, 2.75) is 18.6 Å². The highest BCUT2D eigenvalue weighted by Crippen LogP contribution is 2.32. The van der Waals surface area contributed by atoms with Gasteiger partial charge in [0.25, 0.3) is 15.9 Å². The lowest BCUT2D eigenvalue weighted by Crippen LogP contribution is -2.22. The minimum Gasteiger partial charge on any atom is -0.454 e. The van der Waals surface area contributed by atoms with E-state index in [4.69, 9.17) is 13.9 Å². The maximum absolute atomic E-state index is 12.4. The number of aromatic nitrogens is 2. The summed E-state index contributed by atoms with van der Waals surface area (Å²) in [6, 6.07) is 7.61. The molecule has 1 aliphatic rings. The number of aryl methyl sites for hydroxylation is 1. The van der Waals surface area contributed by atoms with E-state index >= 15 is 0 Å². The molecule has 146 valence electrons. The van der Waals surface area contributed by atoms with Crippen molar-refractivity contribution >= 4 is 32.4 Å². The van der Waals surface area contributed by atoms with E-state index in [-0.39, 0.29) is 24.2 Å². The van der Waals surface area contributed by atoms with E-state index in [9.17, 15) is 13.2 Å². The number of furan rings is 1. The molecule has 1 amide bonds. The summed E-state index contributed by atoms with van der Waals surface area (Å²) in [7, 11) is -3.95. The average Bonchev–Trinajstić information content (AvgIpc) is 3.40. The third-order valence-corrected chi connectivity index (χ3v) is 5.75. The number of amides is 1. The number of sulfonamides is 1. The van der Waals surface area contributed by atoms with Gasteiger partial charge in [-0.05, 0) is 36.8 Å². The van der Waals surface area contributed by atoms with Gasteiger partial charge in [0.15, 0.2) is 17.3 Å². The molecule has 2 aromatic heterocycles. The Bertz CT molecular complexity index is 1140. The van der Waals surface area contributed by atoms with E-state index in [0.29, 0.717) is 27.2 Å². The molecule has 3 aromatic rings. The number of hydrogen-bond acceptors (Lipinski definition) is 9. The largest absolute Gasteiger partial charge is 0.454 e. The zero-order chi connectivity index (χ0) is 19.7. The first-order valence-electron chi connectivity index (χ1n) is 8.00. The van der Waals surface area contributed by atoms with Gasteiger partial charge in [0.1, 0.15) is 5.01 Å². The van der Waals surface area contributed by atoms with Gasteiger partial charge in [-0.3, -0.25) is 10.1 Å². The summed E-state index contributed by atoms with van der Waals surface area (Å²) in [6.45, 7) is 1.90. The van der Waals surface area contributed by atoms with Crippen molar-refractivity contribution in [2.75, 3.05) is 12.1 Å². The molecule has 1 aliphatic heterocycles. The highest BCUT2D eigenvalue weighted by Gasteiger charge is 2.22. The van der Waals surface area contributed by atoms with Gasteiger partial charge in [0.05, 0.1) is 0 Å². The fraction of sp³-hybridized carbons (Fsp3) is 0.188. The third kappa shape index (κ3) is 3.83. The predicted molar refractivity (Wildman–Crippen MR) is 97.9 cm³/mol. The van der Waals surface area contributed by atoms with Crippen LogP contribution in [0.25, 0.3) is 0 Å². The van der Waals surface area contributed by atoms with Crippen molar-refractivity contribution in [2.24, 2.45) is 0 Å². The number of fused-ring (bicyclic) bond motifs is 1. The standard InChI is InChI=1S/C16H14N4O6S2/c1-9-19-20-16(27-9)18-15(21)12-4-5-14(26-12)28(22,23)17-7-10-2-3-11-13(6-10)25-8-24-11/h2-6,17H,7-8H2,1H3,(H,18,20,21). The van der Waals surface area contributed by atoms with Crippen LogP contribution in [0.5, 0.6) is 11.5 Å². The Morgan fingerprint density at radius 2 is 2.00 bits per heavy atom. The van der Waals surface area contributed by atoms with Crippen molar-refractivity contribution in [3.8, 4) is 11.5 Å². The highest BCUT2D eigenvalue weighted by atomic mass is 32.2. The van der Waals surface area contributed by atoms with Crippen LogP contribution in [-0.2, 0) is 16.6 Å². The molecule has 0 aliphatic carbocycles. The molecule has 0 spiro atoms. The topological polar surface area (TPSA) is 133 Å². The van der Waals surface area contributed by atoms with Crippen LogP contribution in [-0.4, -0.2) is 31.3 Å². The summed E-state index contributed by atoms with van der Waals surface area (Å²) < 4.78 is 42.9. The fourth-order valence-corrected chi connectivity index (χ4v) is 3.93. The molecule has 3 heterocycles. The molecule has 0 unspecified atom stereocenters. The van der Waals surface area contributed by atoms with Crippen molar-refractivity contribution in [3.05, 3.63) is 46.7 Å². The quantitative estimate of drug-likeness (QED) is 0.615. The van der Waals surface area contributed by atoms with Gasteiger partial charge in [0, 0.05) is 6.54 Å². The molecule has 2 N–H and O–H groups in total. The monoisotopic (exact) mass is 422 g/mol. The molecule has 0 bridgehead atoms. The van der Waals surface area contributed by atoms with Crippen LogP contribution < -0.4 is 19.5 Å². The molecule has 12 heteroatoms. The molecular weight excluding hydrogens is 408 g/mol. The van der Waals surface area contributed by atoms with Crippen LogP contribution in [0.1, 0.15) is 21.1 Å². The Balaban J connectivity index is 1.42. The van der Waals surface area contributed by atoms with E-state index < -0.39 is 15.9 Å². The number of rotatable bonds is 6. The summed E-state index contributed by atoms with van der Waals surface area (Å²) in [5, 5.41) is 10.7. The number of carbonyl (C=O) groups is 1. The van der Waals surface area contributed by atoms with Gasteiger partial charge >= 0.3 is 0 Å². The number of nitrogens with zero attached hydrogens (tertiary/aromatic N) is 2. The molecular formula is C16H14N4O6S2. The zero-order valence-corrected chi connectivity index (χ0v) is 16.1. The first-order valence-corrected chi connectivity index (χ1v) is 10.3. The lowest BCUT2D eigenvalue weighted by molar-refractivity contribution is 0.0991. The zero-order valence-electron chi connectivity index (χ0n) is 14.5. The van der Waals surface area contributed by atoms with Crippen molar-refractivity contribution in [1.82, 2.24) is 14.9 Å². The summed E-state index contributed by atoms with van der Waals surface area (Å²) in [5.41, 5.74) is 0.684. The van der Waals surface area contributed by atoms with E-state index in [2.05, 4.69) is 20.2 Å². The maximum atomic E-state index is 12.4. The van der Waals surface area contributed by atoms with E-state index in [1.165, 1.54) is 23.5 Å². The predicted octanol–water partition coefficient (Wildman–Crippen LogP) is 1.90. The normalized spacial score (nSPS) is 12.9. The highest BCUT2D eigenvalue weighted by molar-refractivity contribution is 7.89. The van der Waals surface area contributed by atoms with E-state index in [0.717, 1.165) is 0 Å². The Labute approximate surface area is 163 Å². The first kappa shape index (κ1) is 18.4. The van der Waals surface area contributed by atoms with E-state index in [1.54, 1.807) is 25.1 Å². The molecule has 0 atom stereocenters. The van der Waals surface area contributed by atoms with Crippen LogP contribution in [0, 0.1) is 6.92 Å². The second-order valence-corrected chi connectivity index (χ2v) is 8.59. The van der Waals surface area contributed by atoms with Crippen molar-refractivity contribution in [1.29, 1.82) is 0 Å². The Hall–Kier alpha value is -2.96. The molecule has 0 radical (unpaired) electrons. The lowest BCUT2D eigenvalue weighted by Gasteiger charge is -2.05. The lowest BCUT2D eigenvalue weighted by atomic mass is 10.2. The molecule has 1 aromatic carbocycles. The van der Waals surface area contributed by atoms with Gasteiger partial charge in [-0.15, -0.1) is 10.2 Å². The minimum atomic E-state index is -3.95. The van der Waals surface area contributed by atoms with Crippen molar-refractivity contribution < 1.29 is 27.1 Å². The van der Waals surface area contributed by atoms with Crippen LogP contribution in [0.4, 0.5) is 5.13 Å². The molecule has 0 saturated carbocycles. The number of nitrogens with one attached hydrogen (secondary N) is 2. The number of anilines is 1. The average molecular weight is 422 g/mol.